The number of Topliss-reactive ketones (excluding diaryl/α,β-unsaturated/α-hetero) is 2. The second kappa shape index (κ2) is 12.9. The molecular weight excluding hydrogens is 680 g/mol. The van der Waals surface area contributed by atoms with Crippen LogP contribution in [0.15, 0.2) is 35.6 Å². The van der Waals surface area contributed by atoms with Gasteiger partial charge in [-0.1, -0.05) is 32.4 Å². The summed E-state index contributed by atoms with van der Waals surface area (Å²) in [5, 5.41) is 76.6. The zero-order valence-electron chi connectivity index (χ0n) is 31.2. The van der Waals surface area contributed by atoms with E-state index in [9.17, 15) is 54.9 Å². The van der Waals surface area contributed by atoms with Crippen LogP contribution in [0.25, 0.3) is 0 Å². The van der Waals surface area contributed by atoms with Crippen molar-refractivity contribution in [2.24, 2.45) is 39.4 Å². The first-order valence-electron chi connectivity index (χ1n) is 17.7. The Labute approximate surface area is 303 Å². The molecule has 0 radical (unpaired) electrons. The Morgan fingerprint density at radius 1 is 0.962 bits per heavy atom. The molecule has 14 atom stereocenters. The average Bonchev–Trinajstić information content (AvgIpc) is 3.23. The SMILES string of the molecule is CC(=O)OC(C)(C)C=CC(=O)[C@](C)(O)[C@H]1[C@H](O)C[C@@]2(C)[C@@H]3[C@@H](O)C=C4[C@@H](C=C(O[C@@H]5O[C@H](CO)[C@@H](O)[C@H](O)[C@H]5O)C(=O)C4(C)C)[C@]3(C)C(=O)C[C@]12C. The second-order valence-corrected chi connectivity index (χ2v) is 17.4. The molecule has 1 heterocycles. The van der Waals surface area contributed by atoms with Gasteiger partial charge in [0.1, 0.15) is 41.4 Å². The van der Waals surface area contributed by atoms with Crippen LogP contribution in [0.2, 0.25) is 0 Å². The molecule has 14 heteroatoms. The van der Waals surface area contributed by atoms with E-state index < -0.39 is 118 Å². The molecule has 5 aliphatic rings. The molecule has 52 heavy (non-hydrogen) atoms. The van der Waals surface area contributed by atoms with Gasteiger partial charge in [0.15, 0.2) is 11.5 Å². The van der Waals surface area contributed by atoms with E-state index in [4.69, 9.17) is 14.2 Å². The van der Waals surface area contributed by atoms with Crippen LogP contribution in [0.1, 0.15) is 75.2 Å². The molecule has 7 N–H and O–H groups in total. The smallest absolute Gasteiger partial charge is 0.303 e. The van der Waals surface area contributed by atoms with Crippen molar-refractivity contribution in [3.8, 4) is 0 Å². The van der Waals surface area contributed by atoms with Crippen molar-refractivity contribution >= 4 is 23.3 Å². The van der Waals surface area contributed by atoms with E-state index >= 15 is 0 Å². The third-order valence-electron chi connectivity index (χ3n) is 13.2. The normalized spacial score (nSPS) is 44.2. The predicted molar refractivity (Wildman–Crippen MR) is 181 cm³/mol. The topological polar surface area (TPSA) is 238 Å². The Bertz CT molecular complexity index is 1610. The number of aliphatic hydroxyl groups excluding tert-OH is 6. The van der Waals surface area contributed by atoms with E-state index in [0.717, 1.165) is 6.08 Å². The molecule has 5 rings (SSSR count). The Morgan fingerprint density at radius 2 is 1.58 bits per heavy atom. The average molecular weight is 735 g/mol. The van der Waals surface area contributed by atoms with E-state index in [2.05, 4.69) is 0 Å². The number of hydrogen-bond acceptors (Lipinski definition) is 14. The maximum absolute atomic E-state index is 14.8. The number of ether oxygens (including phenoxy) is 3. The minimum absolute atomic E-state index is 0.0149. The number of ketones is 3. The molecule has 14 nitrogen and oxygen atoms in total. The summed E-state index contributed by atoms with van der Waals surface area (Å²) in [6.07, 6.45) is -5.45. The highest BCUT2D eigenvalue weighted by Gasteiger charge is 2.76. The molecule has 3 fully saturated rings. The first-order valence-corrected chi connectivity index (χ1v) is 17.7. The Hall–Kier alpha value is -2.82. The Balaban J connectivity index is 1.56. The number of hydrogen-bond donors (Lipinski definition) is 7. The minimum Gasteiger partial charge on any atom is -0.459 e. The van der Waals surface area contributed by atoms with E-state index in [1.807, 2.05) is 6.92 Å². The molecule has 0 amide bonds. The summed E-state index contributed by atoms with van der Waals surface area (Å²) in [5.74, 6) is -5.39. The van der Waals surface area contributed by atoms with Gasteiger partial charge in [0.2, 0.25) is 12.1 Å². The van der Waals surface area contributed by atoms with Crippen LogP contribution in [0.5, 0.6) is 0 Å². The monoisotopic (exact) mass is 734 g/mol. The second-order valence-electron chi connectivity index (χ2n) is 17.4. The van der Waals surface area contributed by atoms with Gasteiger partial charge >= 0.3 is 5.97 Å². The molecule has 2 saturated carbocycles. The van der Waals surface area contributed by atoms with Crippen molar-refractivity contribution in [3.63, 3.8) is 0 Å². The van der Waals surface area contributed by atoms with Gasteiger partial charge in [-0.15, -0.1) is 0 Å². The summed E-state index contributed by atoms with van der Waals surface area (Å²) >= 11 is 0. The van der Waals surface area contributed by atoms with Crippen molar-refractivity contribution in [1.82, 2.24) is 0 Å². The summed E-state index contributed by atoms with van der Waals surface area (Å²) in [6, 6.07) is 0. The van der Waals surface area contributed by atoms with Crippen molar-refractivity contribution in [3.05, 3.63) is 35.6 Å². The van der Waals surface area contributed by atoms with Crippen LogP contribution < -0.4 is 0 Å². The van der Waals surface area contributed by atoms with Gasteiger partial charge in [-0.05, 0) is 70.1 Å². The summed E-state index contributed by atoms with van der Waals surface area (Å²) in [5.41, 5.74) is -7.92. The summed E-state index contributed by atoms with van der Waals surface area (Å²) in [7, 11) is 0. The molecule has 1 aliphatic heterocycles. The lowest BCUT2D eigenvalue weighted by Gasteiger charge is -2.64. The summed E-state index contributed by atoms with van der Waals surface area (Å²) < 4.78 is 16.6. The number of carbonyl (C=O) groups excluding carboxylic acids is 4. The Morgan fingerprint density at radius 3 is 2.15 bits per heavy atom. The van der Waals surface area contributed by atoms with Crippen LogP contribution in [0.3, 0.4) is 0 Å². The third kappa shape index (κ3) is 5.85. The fourth-order valence-corrected chi connectivity index (χ4v) is 10.4. The highest BCUT2D eigenvalue weighted by molar-refractivity contribution is 6.02. The van der Waals surface area contributed by atoms with Crippen molar-refractivity contribution in [2.45, 2.75) is 129 Å². The molecule has 0 aromatic rings. The van der Waals surface area contributed by atoms with E-state index in [-0.39, 0.29) is 24.4 Å². The number of carbonyl (C=O) groups is 4. The zero-order chi connectivity index (χ0) is 39.3. The Kier molecular flexibility index (Phi) is 10.0. The van der Waals surface area contributed by atoms with Crippen molar-refractivity contribution in [2.75, 3.05) is 6.61 Å². The maximum Gasteiger partial charge on any atom is 0.303 e. The molecule has 290 valence electrons. The van der Waals surface area contributed by atoms with Crippen LogP contribution in [-0.4, -0.2) is 120 Å². The van der Waals surface area contributed by atoms with Gasteiger partial charge in [-0.2, -0.15) is 0 Å². The minimum atomic E-state index is -2.19. The molecule has 0 aromatic carbocycles. The van der Waals surface area contributed by atoms with E-state index in [1.165, 1.54) is 26.0 Å². The van der Waals surface area contributed by atoms with Crippen LogP contribution in [-0.2, 0) is 33.4 Å². The quantitative estimate of drug-likeness (QED) is 0.102. The summed E-state index contributed by atoms with van der Waals surface area (Å²) in [4.78, 5) is 53.9. The number of esters is 1. The van der Waals surface area contributed by atoms with Crippen LogP contribution in [0.4, 0.5) is 0 Å². The molecule has 0 unspecified atom stereocenters. The van der Waals surface area contributed by atoms with Gasteiger partial charge in [0.25, 0.3) is 0 Å². The molecule has 4 aliphatic carbocycles. The van der Waals surface area contributed by atoms with E-state index in [1.54, 1.807) is 47.6 Å². The highest BCUT2D eigenvalue weighted by Crippen LogP contribution is 2.73. The first-order chi connectivity index (χ1) is 23.7. The fourth-order valence-electron chi connectivity index (χ4n) is 10.4. The molecule has 0 spiro atoms. The van der Waals surface area contributed by atoms with Crippen LogP contribution >= 0.6 is 0 Å². The highest BCUT2D eigenvalue weighted by atomic mass is 16.7. The lowest BCUT2D eigenvalue weighted by molar-refractivity contribution is -0.291. The van der Waals surface area contributed by atoms with Gasteiger partial charge in [0.05, 0.1) is 24.2 Å². The lowest BCUT2D eigenvalue weighted by atomic mass is 9.38. The van der Waals surface area contributed by atoms with Gasteiger partial charge in [-0.25, -0.2) is 0 Å². The third-order valence-corrected chi connectivity index (χ3v) is 13.2. The van der Waals surface area contributed by atoms with Gasteiger partial charge in [0, 0.05) is 36.5 Å². The molecular formula is C38H54O14. The summed E-state index contributed by atoms with van der Waals surface area (Å²) in [6.45, 7) is 13.4. The zero-order valence-corrected chi connectivity index (χ0v) is 31.2. The first kappa shape index (κ1) is 40.4. The molecule has 1 saturated heterocycles. The fraction of sp³-hybridized carbons (Fsp3) is 0.737. The number of fused-ring (bicyclic) bond motifs is 5. The van der Waals surface area contributed by atoms with Gasteiger partial charge in [-0.3, -0.25) is 19.2 Å². The number of aliphatic hydroxyl groups is 7. The molecule has 0 bridgehead atoms. The van der Waals surface area contributed by atoms with Crippen molar-refractivity contribution < 1.29 is 69.1 Å². The standard InChI is InChI=1S/C38H54O14/c1-17(40)52-33(2,3)11-10-24(43)38(9,49)30-21(42)14-35(6)29-20(41)12-18-19(37(29,8)25(44)15-36(30,35)7)13-22(31(48)34(18,4)5)50-32-28(47)27(46)26(45)23(16-39)51-32/h10-13,19-21,23,26-30,32,39,41-42,45-47,49H,14-16H2,1-9H3/t19-,20+,21-,23-,26-,27+,28-,29+,30+,32-,35+,36-,37-,38+/m1/s1. The van der Waals surface area contributed by atoms with E-state index in [0.29, 0.717) is 5.57 Å². The lowest BCUT2D eigenvalue weighted by Crippen LogP contribution is -2.67. The molecule has 0 aromatic heterocycles. The maximum atomic E-state index is 14.8. The van der Waals surface area contributed by atoms with Crippen molar-refractivity contribution in [1.29, 1.82) is 0 Å². The number of rotatable bonds is 8. The number of allylic oxidation sites excluding steroid dienone is 3. The van der Waals surface area contributed by atoms with Gasteiger partial charge < -0.3 is 50.0 Å². The predicted octanol–water partition coefficient (Wildman–Crippen LogP) is 0.420. The van der Waals surface area contributed by atoms with Crippen LogP contribution in [0, 0.1) is 39.4 Å². The largest absolute Gasteiger partial charge is 0.459 e.